The summed E-state index contributed by atoms with van der Waals surface area (Å²) in [5.74, 6) is -0.654. The van der Waals surface area contributed by atoms with Gasteiger partial charge in [-0.05, 0) is 43.5 Å². The van der Waals surface area contributed by atoms with Crippen LogP contribution in [0.2, 0.25) is 0 Å². The predicted octanol–water partition coefficient (Wildman–Crippen LogP) is 3.04. The van der Waals surface area contributed by atoms with Crippen LogP contribution >= 0.6 is 22.7 Å². The van der Waals surface area contributed by atoms with Crippen molar-refractivity contribution in [3.8, 4) is 16.6 Å². The molecule has 2 amide bonds. The van der Waals surface area contributed by atoms with E-state index in [9.17, 15) is 14.9 Å². The number of hydrogen-bond donors (Lipinski definition) is 3. The fourth-order valence-electron chi connectivity index (χ4n) is 3.86. The molecular formula is C22H22N6O2S2. The molecule has 10 heteroatoms. The normalized spacial score (nSPS) is 15.2. The molecule has 0 spiro atoms. The molecule has 0 saturated carbocycles. The number of nitrogens with zero attached hydrogens (tertiary/aromatic N) is 3. The summed E-state index contributed by atoms with van der Waals surface area (Å²) in [4.78, 5) is 32.0. The van der Waals surface area contributed by atoms with E-state index in [4.69, 9.17) is 5.73 Å². The van der Waals surface area contributed by atoms with Crippen molar-refractivity contribution in [3.05, 3.63) is 51.7 Å². The van der Waals surface area contributed by atoms with Crippen LogP contribution < -0.4 is 21.3 Å². The number of anilines is 2. The number of benzene rings is 1. The summed E-state index contributed by atoms with van der Waals surface area (Å²) in [5, 5.41) is 19.5. The first-order valence-corrected chi connectivity index (χ1v) is 11.8. The largest absolute Gasteiger partial charge is 0.370 e. The average Bonchev–Trinajstić information content (AvgIpc) is 3.48. The average molecular weight is 467 g/mol. The number of carbonyl (C=O) groups excluding carboxylic acids is 2. The van der Waals surface area contributed by atoms with E-state index in [2.05, 4.69) is 26.6 Å². The van der Waals surface area contributed by atoms with E-state index in [0.717, 1.165) is 11.3 Å². The van der Waals surface area contributed by atoms with Crippen molar-refractivity contribution in [1.82, 2.24) is 10.3 Å². The number of carbonyl (C=O) groups is 2. The number of nitrogens with one attached hydrogen (secondary N) is 2. The number of aromatic nitrogens is 1. The highest BCUT2D eigenvalue weighted by atomic mass is 32.1. The number of nitrogens with two attached hydrogens (primary N) is 1. The lowest BCUT2D eigenvalue weighted by Crippen LogP contribution is -2.59. The maximum atomic E-state index is 12.9. The molecule has 1 aromatic carbocycles. The fourth-order valence-corrected chi connectivity index (χ4v) is 5.44. The minimum absolute atomic E-state index is 0.302. The Morgan fingerprint density at radius 2 is 1.97 bits per heavy atom. The van der Waals surface area contributed by atoms with E-state index in [0.29, 0.717) is 47.2 Å². The second-order valence-electron chi connectivity index (χ2n) is 7.47. The van der Waals surface area contributed by atoms with E-state index >= 15 is 0 Å². The molecule has 32 heavy (non-hydrogen) atoms. The van der Waals surface area contributed by atoms with Crippen LogP contribution in [0, 0.1) is 11.3 Å². The number of thiophene rings is 1. The fraction of sp³-hybridized carbons (Fsp3) is 0.273. The van der Waals surface area contributed by atoms with Crippen molar-refractivity contribution in [1.29, 1.82) is 5.26 Å². The van der Waals surface area contributed by atoms with Gasteiger partial charge >= 0.3 is 0 Å². The quantitative estimate of drug-likeness (QED) is 0.513. The predicted molar refractivity (Wildman–Crippen MR) is 127 cm³/mol. The SMILES string of the molecule is CNC1(C(N)=O)CCN(c2ccccc2NC(=O)c2csc(-c3ccsc3C#N)n2)CC1. The summed E-state index contributed by atoms with van der Waals surface area (Å²) in [7, 11) is 1.76. The van der Waals surface area contributed by atoms with Crippen LogP contribution in [-0.4, -0.2) is 42.5 Å². The summed E-state index contributed by atoms with van der Waals surface area (Å²) in [6.07, 6.45) is 1.16. The first-order chi connectivity index (χ1) is 15.5. The summed E-state index contributed by atoms with van der Waals surface area (Å²) < 4.78 is 0. The lowest BCUT2D eigenvalue weighted by atomic mass is 9.86. The van der Waals surface area contributed by atoms with Gasteiger partial charge in [0.1, 0.15) is 27.2 Å². The van der Waals surface area contributed by atoms with Crippen molar-refractivity contribution < 1.29 is 9.59 Å². The zero-order chi connectivity index (χ0) is 22.7. The Labute approximate surface area is 193 Å². The molecule has 4 rings (SSSR count). The van der Waals surface area contributed by atoms with Gasteiger partial charge in [0.15, 0.2) is 0 Å². The van der Waals surface area contributed by atoms with E-state index in [-0.39, 0.29) is 11.8 Å². The minimum atomic E-state index is -0.699. The Balaban J connectivity index is 1.50. The van der Waals surface area contributed by atoms with Gasteiger partial charge in [-0.2, -0.15) is 5.26 Å². The standard InChI is InChI=1S/C22H22N6O2S2/c1-25-22(21(24)30)7-9-28(10-8-22)17-5-3-2-4-15(17)26-19(29)16-13-32-20(27-16)14-6-11-31-18(14)12-23/h2-6,11,13,25H,7-10H2,1H3,(H2,24,30)(H,26,29). The topological polar surface area (TPSA) is 124 Å². The third-order valence-electron chi connectivity index (χ3n) is 5.79. The van der Waals surface area contributed by atoms with Crippen molar-refractivity contribution in [2.24, 2.45) is 5.73 Å². The van der Waals surface area contributed by atoms with Crippen LogP contribution in [0.5, 0.6) is 0 Å². The Morgan fingerprint density at radius 3 is 2.66 bits per heavy atom. The maximum Gasteiger partial charge on any atom is 0.275 e. The van der Waals surface area contributed by atoms with Crippen LogP contribution in [0.15, 0.2) is 41.1 Å². The summed E-state index contributed by atoms with van der Waals surface area (Å²) in [5.41, 5.74) is 7.53. The van der Waals surface area contributed by atoms with Gasteiger partial charge in [0.25, 0.3) is 5.91 Å². The number of para-hydroxylation sites is 2. The van der Waals surface area contributed by atoms with Gasteiger partial charge in [0, 0.05) is 24.0 Å². The maximum absolute atomic E-state index is 12.9. The molecule has 3 aromatic rings. The van der Waals surface area contributed by atoms with Gasteiger partial charge in [-0.15, -0.1) is 22.7 Å². The molecule has 0 unspecified atom stereocenters. The molecule has 0 aliphatic carbocycles. The first-order valence-electron chi connectivity index (χ1n) is 10.0. The number of piperidine rings is 1. The van der Waals surface area contributed by atoms with Crippen molar-refractivity contribution >= 4 is 45.9 Å². The molecule has 1 aliphatic rings. The molecule has 3 heterocycles. The smallest absolute Gasteiger partial charge is 0.275 e. The zero-order valence-corrected chi connectivity index (χ0v) is 19.1. The third-order valence-corrected chi connectivity index (χ3v) is 7.49. The molecule has 1 fully saturated rings. The van der Waals surface area contributed by atoms with Gasteiger partial charge in [-0.25, -0.2) is 4.98 Å². The monoisotopic (exact) mass is 466 g/mol. The Morgan fingerprint density at radius 1 is 1.22 bits per heavy atom. The number of thiazole rings is 1. The van der Waals surface area contributed by atoms with Crippen molar-refractivity contribution in [2.45, 2.75) is 18.4 Å². The van der Waals surface area contributed by atoms with Crippen molar-refractivity contribution in [3.63, 3.8) is 0 Å². The van der Waals surface area contributed by atoms with Crippen LogP contribution in [0.3, 0.4) is 0 Å². The van der Waals surface area contributed by atoms with E-state index in [1.807, 2.05) is 35.7 Å². The van der Waals surface area contributed by atoms with Gasteiger partial charge in [-0.1, -0.05) is 12.1 Å². The number of rotatable bonds is 6. The number of primary amides is 1. The Hall–Kier alpha value is -3.26. The highest BCUT2D eigenvalue weighted by Crippen LogP contribution is 2.33. The highest BCUT2D eigenvalue weighted by Gasteiger charge is 2.38. The Bertz CT molecular complexity index is 1190. The van der Waals surface area contributed by atoms with E-state index in [1.165, 1.54) is 22.7 Å². The van der Waals surface area contributed by atoms with Gasteiger partial charge in [0.05, 0.1) is 11.4 Å². The second-order valence-corrected chi connectivity index (χ2v) is 9.24. The molecule has 164 valence electrons. The van der Waals surface area contributed by atoms with Gasteiger partial charge in [-0.3, -0.25) is 9.59 Å². The summed E-state index contributed by atoms with van der Waals surface area (Å²) >= 11 is 2.69. The zero-order valence-electron chi connectivity index (χ0n) is 17.4. The van der Waals surface area contributed by atoms with Crippen LogP contribution in [0.1, 0.15) is 28.2 Å². The summed E-state index contributed by atoms with van der Waals surface area (Å²) in [6.45, 7) is 1.26. The highest BCUT2D eigenvalue weighted by molar-refractivity contribution is 7.14. The molecule has 2 aromatic heterocycles. The lowest BCUT2D eigenvalue weighted by molar-refractivity contribution is -0.125. The van der Waals surface area contributed by atoms with Crippen LogP contribution in [-0.2, 0) is 4.79 Å². The second kappa shape index (κ2) is 9.08. The van der Waals surface area contributed by atoms with E-state index in [1.54, 1.807) is 12.4 Å². The molecule has 0 radical (unpaired) electrons. The number of amides is 2. The molecule has 0 atom stereocenters. The van der Waals surface area contributed by atoms with Gasteiger partial charge < -0.3 is 21.3 Å². The van der Waals surface area contributed by atoms with Crippen LogP contribution in [0.4, 0.5) is 11.4 Å². The third kappa shape index (κ3) is 4.10. The minimum Gasteiger partial charge on any atom is -0.370 e. The summed E-state index contributed by atoms with van der Waals surface area (Å²) in [6, 6.07) is 11.6. The van der Waals surface area contributed by atoms with E-state index < -0.39 is 5.54 Å². The molecular weight excluding hydrogens is 444 g/mol. The Kier molecular flexibility index (Phi) is 6.23. The number of nitriles is 1. The number of hydrogen-bond acceptors (Lipinski definition) is 8. The van der Waals surface area contributed by atoms with Crippen molar-refractivity contribution in [2.75, 3.05) is 30.4 Å². The van der Waals surface area contributed by atoms with Crippen LogP contribution in [0.25, 0.3) is 10.6 Å². The van der Waals surface area contributed by atoms with Gasteiger partial charge in [0.2, 0.25) is 5.91 Å². The molecule has 8 nitrogen and oxygen atoms in total. The molecule has 1 aliphatic heterocycles. The molecule has 4 N–H and O–H groups in total. The lowest BCUT2D eigenvalue weighted by Gasteiger charge is -2.41. The molecule has 0 bridgehead atoms. The first kappa shape index (κ1) is 22.0. The number of likely N-dealkylation sites (N-methyl/N-ethyl adjacent to an activating group) is 1. The molecule has 1 saturated heterocycles.